The van der Waals surface area contributed by atoms with Crippen LogP contribution in [0.4, 0.5) is 10.5 Å². The first kappa shape index (κ1) is 15.5. The molecule has 1 amide bonds. The van der Waals surface area contributed by atoms with Crippen LogP contribution in [0.5, 0.6) is 0 Å². The Morgan fingerprint density at radius 2 is 1.61 bits per heavy atom. The number of piperazine rings is 1. The van der Waals surface area contributed by atoms with E-state index >= 15 is 0 Å². The summed E-state index contributed by atoms with van der Waals surface area (Å²) in [6.45, 7) is 3.56. The molecule has 0 spiro atoms. The lowest BCUT2D eigenvalue weighted by Crippen LogP contribution is -2.46. The van der Waals surface area contributed by atoms with Gasteiger partial charge in [0.15, 0.2) is 0 Å². The van der Waals surface area contributed by atoms with E-state index in [1.54, 1.807) is 9.96 Å². The lowest BCUT2D eigenvalue weighted by atomic mass is 10.2. The van der Waals surface area contributed by atoms with Crippen LogP contribution in [0, 0.1) is 0 Å². The Labute approximate surface area is 136 Å². The Morgan fingerprint density at radius 3 is 2.26 bits per heavy atom. The highest BCUT2D eigenvalue weighted by Crippen LogP contribution is 2.18. The van der Waals surface area contributed by atoms with Crippen molar-refractivity contribution in [2.75, 3.05) is 31.1 Å². The number of para-hydroxylation sites is 1. The molecule has 23 heavy (non-hydrogen) atoms. The van der Waals surface area contributed by atoms with Gasteiger partial charge in [0, 0.05) is 31.9 Å². The van der Waals surface area contributed by atoms with Crippen LogP contribution in [0.3, 0.4) is 0 Å². The van der Waals surface area contributed by atoms with Crippen LogP contribution < -0.4 is 10.2 Å². The minimum atomic E-state index is -0.345. The zero-order chi connectivity index (χ0) is 15.9. The van der Waals surface area contributed by atoms with E-state index in [-0.39, 0.29) is 6.09 Å². The van der Waals surface area contributed by atoms with E-state index in [9.17, 15) is 4.79 Å². The highest BCUT2D eigenvalue weighted by molar-refractivity contribution is 5.87. The number of hydroxylamine groups is 2. The quantitative estimate of drug-likeness (QED) is 0.943. The molecule has 0 radical (unpaired) electrons. The van der Waals surface area contributed by atoms with Crippen molar-refractivity contribution in [3.05, 3.63) is 66.2 Å². The molecule has 0 saturated carbocycles. The summed E-state index contributed by atoms with van der Waals surface area (Å²) in [5.74, 6) is 0. The molecule has 0 unspecified atom stereocenters. The number of benzene rings is 2. The molecule has 1 N–H and O–H groups in total. The van der Waals surface area contributed by atoms with Gasteiger partial charge in [-0.05, 0) is 17.7 Å². The van der Waals surface area contributed by atoms with Crippen LogP contribution in [0.1, 0.15) is 5.56 Å². The molecule has 1 heterocycles. The van der Waals surface area contributed by atoms with Gasteiger partial charge in [-0.1, -0.05) is 48.5 Å². The third-order valence-corrected chi connectivity index (χ3v) is 3.75. The van der Waals surface area contributed by atoms with Crippen molar-refractivity contribution in [2.24, 2.45) is 0 Å². The van der Waals surface area contributed by atoms with Crippen molar-refractivity contribution >= 4 is 11.8 Å². The van der Waals surface area contributed by atoms with Gasteiger partial charge in [-0.3, -0.25) is 4.90 Å². The van der Waals surface area contributed by atoms with Crippen molar-refractivity contribution < 1.29 is 9.63 Å². The Morgan fingerprint density at radius 1 is 1.00 bits per heavy atom. The molecule has 1 fully saturated rings. The molecule has 3 rings (SSSR count). The first-order valence-corrected chi connectivity index (χ1v) is 7.87. The average Bonchev–Trinajstić information content (AvgIpc) is 2.62. The van der Waals surface area contributed by atoms with E-state index in [4.69, 9.17) is 4.84 Å². The maximum absolute atomic E-state index is 12.7. The van der Waals surface area contributed by atoms with E-state index in [1.807, 2.05) is 60.7 Å². The zero-order valence-corrected chi connectivity index (χ0v) is 13.0. The fourth-order valence-corrected chi connectivity index (χ4v) is 2.53. The molecule has 5 nitrogen and oxygen atoms in total. The molecule has 2 aromatic carbocycles. The zero-order valence-electron chi connectivity index (χ0n) is 13.0. The highest BCUT2D eigenvalue weighted by Gasteiger charge is 2.22. The van der Waals surface area contributed by atoms with Crippen molar-refractivity contribution in [2.45, 2.75) is 6.54 Å². The summed E-state index contributed by atoms with van der Waals surface area (Å²) in [4.78, 5) is 19.9. The summed E-state index contributed by atoms with van der Waals surface area (Å²) in [5, 5.41) is 4.96. The van der Waals surface area contributed by atoms with Gasteiger partial charge in [-0.2, -0.15) is 0 Å². The number of nitrogens with one attached hydrogen (secondary N) is 1. The molecule has 0 aliphatic carbocycles. The standard InChI is InChI=1S/C18H21N3O2/c22-18(23-20-13-11-19-12-14-20)21(17-9-5-2-6-10-17)15-16-7-3-1-4-8-16/h1-10,19H,11-15H2. The minimum Gasteiger partial charge on any atom is -0.351 e. The lowest BCUT2D eigenvalue weighted by molar-refractivity contribution is -0.103. The second-order valence-corrected chi connectivity index (χ2v) is 5.44. The van der Waals surface area contributed by atoms with Gasteiger partial charge in [0.05, 0.1) is 6.54 Å². The second-order valence-electron chi connectivity index (χ2n) is 5.44. The van der Waals surface area contributed by atoms with Gasteiger partial charge >= 0.3 is 6.09 Å². The number of amides is 1. The Bertz CT molecular complexity index is 613. The second kappa shape index (κ2) is 7.76. The van der Waals surface area contributed by atoms with Gasteiger partial charge in [-0.25, -0.2) is 4.79 Å². The first-order valence-electron chi connectivity index (χ1n) is 7.87. The van der Waals surface area contributed by atoms with Gasteiger partial charge in [0.25, 0.3) is 0 Å². The van der Waals surface area contributed by atoms with Crippen LogP contribution in [0.2, 0.25) is 0 Å². The minimum absolute atomic E-state index is 0.345. The van der Waals surface area contributed by atoms with E-state index < -0.39 is 0 Å². The molecule has 1 aliphatic heterocycles. The number of carbonyl (C=O) groups is 1. The molecule has 0 atom stereocenters. The normalized spacial score (nSPS) is 15.1. The monoisotopic (exact) mass is 311 g/mol. The van der Waals surface area contributed by atoms with Crippen LogP contribution in [0.15, 0.2) is 60.7 Å². The largest absolute Gasteiger partial charge is 0.433 e. The molecule has 1 aliphatic rings. The molecule has 120 valence electrons. The molecule has 2 aromatic rings. The predicted octanol–water partition coefficient (Wildman–Crippen LogP) is 2.65. The predicted molar refractivity (Wildman–Crippen MR) is 90.0 cm³/mol. The van der Waals surface area contributed by atoms with E-state index in [2.05, 4.69) is 5.32 Å². The Balaban J connectivity index is 1.75. The summed E-state index contributed by atoms with van der Waals surface area (Å²) in [7, 11) is 0. The fourth-order valence-electron chi connectivity index (χ4n) is 2.53. The number of hydrogen-bond donors (Lipinski definition) is 1. The van der Waals surface area contributed by atoms with Crippen LogP contribution in [-0.4, -0.2) is 37.3 Å². The number of nitrogens with zero attached hydrogens (tertiary/aromatic N) is 2. The van der Waals surface area contributed by atoms with Crippen molar-refractivity contribution in [1.29, 1.82) is 0 Å². The van der Waals surface area contributed by atoms with Crippen LogP contribution >= 0.6 is 0 Å². The van der Waals surface area contributed by atoms with Gasteiger partial charge in [0.2, 0.25) is 0 Å². The maximum Gasteiger partial charge on any atom is 0.433 e. The topological polar surface area (TPSA) is 44.8 Å². The van der Waals surface area contributed by atoms with Crippen LogP contribution in [-0.2, 0) is 11.4 Å². The Hall–Kier alpha value is -2.37. The van der Waals surface area contributed by atoms with Gasteiger partial charge < -0.3 is 10.2 Å². The number of hydrogen-bond acceptors (Lipinski definition) is 4. The molecule has 0 aromatic heterocycles. The summed E-state index contributed by atoms with van der Waals surface area (Å²) >= 11 is 0. The van der Waals surface area contributed by atoms with Crippen LogP contribution in [0.25, 0.3) is 0 Å². The molecule has 1 saturated heterocycles. The number of anilines is 1. The van der Waals surface area contributed by atoms with E-state index in [0.717, 1.165) is 24.3 Å². The lowest BCUT2D eigenvalue weighted by Gasteiger charge is -2.29. The summed E-state index contributed by atoms with van der Waals surface area (Å²) in [6.07, 6.45) is -0.345. The maximum atomic E-state index is 12.7. The molecule has 0 bridgehead atoms. The molecular weight excluding hydrogens is 290 g/mol. The molecule has 5 heteroatoms. The third-order valence-electron chi connectivity index (χ3n) is 3.75. The van der Waals surface area contributed by atoms with Crippen molar-refractivity contribution in [3.8, 4) is 0 Å². The third kappa shape index (κ3) is 4.31. The van der Waals surface area contributed by atoms with Gasteiger partial charge in [0.1, 0.15) is 0 Å². The average molecular weight is 311 g/mol. The fraction of sp³-hybridized carbons (Fsp3) is 0.278. The summed E-state index contributed by atoms with van der Waals surface area (Å²) in [6, 6.07) is 19.5. The highest BCUT2D eigenvalue weighted by atomic mass is 16.7. The van der Waals surface area contributed by atoms with E-state index in [1.165, 1.54) is 0 Å². The van der Waals surface area contributed by atoms with E-state index in [0.29, 0.717) is 19.6 Å². The van der Waals surface area contributed by atoms with Crippen molar-refractivity contribution in [3.63, 3.8) is 0 Å². The van der Waals surface area contributed by atoms with Crippen molar-refractivity contribution in [1.82, 2.24) is 10.4 Å². The summed E-state index contributed by atoms with van der Waals surface area (Å²) in [5.41, 5.74) is 1.89. The Kier molecular flexibility index (Phi) is 5.24. The number of carbonyl (C=O) groups excluding carboxylic acids is 1. The first-order chi connectivity index (χ1) is 11.3. The number of rotatable bonds is 4. The van der Waals surface area contributed by atoms with Gasteiger partial charge in [-0.15, -0.1) is 5.06 Å². The molecular formula is C18H21N3O2. The SMILES string of the molecule is O=C(ON1CCNCC1)N(Cc1ccccc1)c1ccccc1. The summed E-state index contributed by atoms with van der Waals surface area (Å²) < 4.78 is 0. The smallest absolute Gasteiger partial charge is 0.351 e.